The van der Waals surface area contributed by atoms with Gasteiger partial charge in [-0.05, 0) is 55.1 Å². The van der Waals surface area contributed by atoms with Crippen molar-refractivity contribution < 1.29 is 22.7 Å². The highest BCUT2D eigenvalue weighted by Crippen LogP contribution is 2.25. The summed E-state index contributed by atoms with van der Waals surface area (Å²) in [6.07, 6.45) is -0.510. The lowest BCUT2D eigenvalue weighted by Gasteiger charge is -2.10. The molecule has 0 radical (unpaired) electrons. The molecule has 0 saturated carbocycles. The van der Waals surface area contributed by atoms with Crippen molar-refractivity contribution in [3.63, 3.8) is 0 Å². The second-order valence-electron chi connectivity index (χ2n) is 6.63. The van der Waals surface area contributed by atoms with Crippen molar-refractivity contribution in [3.8, 4) is 0 Å². The zero-order chi connectivity index (χ0) is 22.4. The van der Waals surface area contributed by atoms with Crippen LogP contribution in [0.5, 0.6) is 0 Å². The Morgan fingerprint density at radius 1 is 1.16 bits per heavy atom. The fraction of sp³-hybridized carbons (Fsp3) is 0.182. The van der Waals surface area contributed by atoms with Crippen LogP contribution in [0.25, 0.3) is 10.9 Å². The number of hydrogen-bond donors (Lipinski definition) is 2. The topological polar surface area (TPSA) is 63.2 Å². The molecule has 0 saturated heterocycles. The van der Waals surface area contributed by atoms with Gasteiger partial charge < -0.3 is 15.4 Å². The Hall–Kier alpha value is -3.33. The molecule has 0 aliphatic carbocycles. The summed E-state index contributed by atoms with van der Waals surface area (Å²) in [5.74, 6) is -0.683. The molecule has 31 heavy (non-hydrogen) atoms. The first-order valence-corrected chi connectivity index (χ1v) is 10.2. The molecule has 0 aliphatic heterocycles. The second-order valence-corrected chi connectivity index (χ2v) is 7.55. The summed E-state index contributed by atoms with van der Waals surface area (Å²) in [6, 6.07) is 11.5. The van der Waals surface area contributed by atoms with Gasteiger partial charge in [0.05, 0.1) is 11.2 Å². The molecule has 0 bridgehead atoms. The van der Waals surface area contributed by atoms with E-state index in [4.69, 9.17) is 0 Å². The third-order valence-corrected chi connectivity index (χ3v) is 5.15. The van der Waals surface area contributed by atoms with Crippen LogP contribution in [0.4, 0.5) is 18.9 Å². The van der Waals surface area contributed by atoms with Gasteiger partial charge in [0, 0.05) is 23.8 Å². The lowest BCUT2D eigenvalue weighted by Crippen LogP contribution is -2.21. The number of fused-ring (bicyclic) bond motifs is 1. The minimum Gasteiger partial charge on any atom is -0.411 e. The molecule has 0 atom stereocenters. The molecule has 1 aromatic carbocycles. The van der Waals surface area contributed by atoms with Crippen molar-refractivity contribution in [2.45, 2.75) is 26.8 Å². The number of benzene rings is 1. The number of carbonyl (C=O) groups excluding carboxylic acids is 1. The van der Waals surface area contributed by atoms with Gasteiger partial charge in [-0.1, -0.05) is 18.2 Å². The highest BCUT2D eigenvalue weighted by Gasteiger charge is 2.30. The summed E-state index contributed by atoms with van der Waals surface area (Å²) in [6.45, 7) is 3.27. The predicted octanol–water partition coefficient (Wildman–Crippen LogP) is 5.98. The highest BCUT2D eigenvalue weighted by molar-refractivity contribution is 7.12. The van der Waals surface area contributed by atoms with Gasteiger partial charge in [-0.15, -0.1) is 24.5 Å². The summed E-state index contributed by atoms with van der Waals surface area (Å²) in [5, 5.41) is 8.77. The number of para-hydroxylation sites is 1. The first kappa shape index (κ1) is 22.4. The maximum atomic E-state index is 12.6. The monoisotopic (exact) mass is 447 g/mol. The number of thiophene rings is 1. The van der Waals surface area contributed by atoms with E-state index in [1.54, 1.807) is 18.5 Å². The highest BCUT2D eigenvalue weighted by atomic mass is 32.1. The largest absolute Gasteiger partial charge is 0.572 e. The lowest BCUT2D eigenvalue weighted by atomic mass is 10.1. The zero-order valence-electron chi connectivity index (χ0n) is 16.8. The van der Waals surface area contributed by atoms with E-state index in [9.17, 15) is 18.0 Å². The van der Waals surface area contributed by atoms with Crippen molar-refractivity contribution in [2.24, 2.45) is 0 Å². The number of pyridine rings is 1. The predicted molar refractivity (Wildman–Crippen MR) is 116 cm³/mol. The number of carbonyl (C=O) groups is 1. The Kier molecular flexibility index (Phi) is 6.96. The van der Waals surface area contributed by atoms with Gasteiger partial charge in [-0.25, -0.2) is 0 Å². The quantitative estimate of drug-likeness (QED) is 0.345. The van der Waals surface area contributed by atoms with Crippen molar-refractivity contribution in [3.05, 3.63) is 82.0 Å². The molecule has 2 heterocycles. The number of hydrogen-bond acceptors (Lipinski definition) is 5. The number of alkyl halides is 3. The molecule has 9 heteroatoms. The number of amides is 1. The van der Waals surface area contributed by atoms with Crippen molar-refractivity contribution in [2.75, 3.05) is 5.32 Å². The van der Waals surface area contributed by atoms with Gasteiger partial charge in [0.2, 0.25) is 0 Å². The Morgan fingerprint density at radius 2 is 1.94 bits per heavy atom. The number of aromatic nitrogens is 1. The van der Waals surface area contributed by atoms with Crippen molar-refractivity contribution >= 4 is 33.8 Å². The first-order valence-electron chi connectivity index (χ1n) is 9.29. The summed E-state index contributed by atoms with van der Waals surface area (Å²) in [7, 11) is 0. The van der Waals surface area contributed by atoms with Crippen LogP contribution in [-0.2, 0) is 11.3 Å². The normalized spacial score (nSPS) is 12.7. The van der Waals surface area contributed by atoms with E-state index >= 15 is 0 Å². The molecule has 3 rings (SSSR count). The maximum absolute atomic E-state index is 12.6. The number of nitrogens with one attached hydrogen (secondary N) is 2. The van der Waals surface area contributed by atoms with Gasteiger partial charge in [0.25, 0.3) is 5.91 Å². The van der Waals surface area contributed by atoms with Crippen LogP contribution in [0.15, 0.2) is 71.6 Å². The smallest absolute Gasteiger partial charge is 0.411 e. The average molecular weight is 447 g/mol. The molecule has 0 aliphatic rings. The van der Waals surface area contributed by atoms with Crippen LogP contribution in [-0.4, -0.2) is 17.3 Å². The Morgan fingerprint density at radius 3 is 2.71 bits per heavy atom. The van der Waals surface area contributed by atoms with E-state index in [1.165, 1.54) is 24.3 Å². The standard InChI is InChI=1S/C22H20F3N3O2S/c1-14(7-8-15(2)30-22(23,24)25)28-21(29)20-19(10-12-31-20)27-13-16-9-11-26-18-6-4-3-5-17(16)18/h3-12,27H,13H2,1-2H3,(H,28,29)/b14-7+,15-8+. The van der Waals surface area contributed by atoms with Crippen LogP contribution in [0.1, 0.15) is 29.1 Å². The van der Waals surface area contributed by atoms with E-state index in [-0.39, 0.29) is 11.7 Å². The van der Waals surface area contributed by atoms with E-state index in [0.29, 0.717) is 22.8 Å². The molecular weight excluding hydrogens is 427 g/mol. The minimum atomic E-state index is -4.75. The second kappa shape index (κ2) is 9.65. The molecule has 3 aromatic rings. The minimum absolute atomic E-state index is 0.329. The number of ether oxygens (including phenoxy) is 1. The molecular formula is C22H20F3N3O2S. The third kappa shape index (κ3) is 6.32. The van der Waals surface area contributed by atoms with Crippen LogP contribution >= 0.6 is 11.3 Å². The van der Waals surface area contributed by atoms with E-state index in [0.717, 1.165) is 22.5 Å². The summed E-state index contributed by atoms with van der Waals surface area (Å²) in [4.78, 5) is 17.4. The van der Waals surface area contributed by atoms with E-state index < -0.39 is 6.36 Å². The van der Waals surface area contributed by atoms with Gasteiger partial charge in [0.1, 0.15) is 10.6 Å². The summed E-state index contributed by atoms with van der Waals surface area (Å²) in [5.41, 5.74) is 2.99. The number of anilines is 1. The maximum Gasteiger partial charge on any atom is 0.572 e. The van der Waals surface area contributed by atoms with Crippen LogP contribution < -0.4 is 10.6 Å². The SMILES string of the molecule is C/C(=C\C=C(/C)OC(F)(F)F)NC(=O)c1sccc1NCc1ccnc2ccccc12. The molecule has 2 N–H and O–H groups in total. The third-order valence-electron chi connectivity index (χ3n) is 4.24. The van der Waals surface area contributed by atoms with Crippen LogP contribution in [0.2, 0.25) is 0 Å². The Bertz CT molecular complexity index is 1130. The zero-order valence-corrected chi connectivity index (χ0v) is 17.6. The average Bonchev–Trinajstić information content (AvgIpc) is 3.18. The van der Waals surface area contributed by atoms with Gasteiger partial charge >= 0.3 is 6.36 Å². The number of halogens is 3. The Balaban J connectivity index is 1.66. The number of rotatable bonds is 7. The molecule has 1 amide bonds. The Labute approximate surface area is 181 Å². The van der Waals surface area contributed by atoms with Crippen LogP contribution in [0.3, 0.4) is 0 Å². The van der Waals surface area contributed by atoms with E-state index in [1.807, 2.05) is 36.4 Å². The molecule has 0 spiro atoms. The lowest BCUT2D eigenvalue weighted by molar-refractivity contribution is -0.305. The molecule has 5 nitrogen and oxygen atoms in total. The summed E-state index contributed by atoms with van der Waals surface area (Å²) >= 11 is 1.27. The fourth-order valence-corrected chi connectivity index (χ4v) is 3.63. The number of nitrogens with zero attached hydrogens (tertiary/aromatic N) is 1. The molecule has 2 aromatic heterocycles. The number of allylic oxidation sites excluding steroid dienone is 4. The fourth-order valence-electron chi connectivity index (χ4n) is 2.86. The van der Waals surface area contributed by atoms with Crippen molar-refractivity contribution in [1.29, 1.82) is 0 Å². The van der Waals surface area contributed by atoms with Crippen LogP contribution in [0, 0.1) is 0 Å². The molecule has 162 valence electrons. The van der Waals surface area contributed by atoms with Crippen molar-refractivity contribution in [1.82, 2.24) is 10.3 Å². The summed E-state index contributed by atoms with van der Waals surface area (Å²) < 4.78 is 40.3. The molecule has 0 fully saturated rings. The first-order chi connectivity index (χ1) is 14.7. The van der Waals surface area contributed by atoms with Gasteiger partial charge in [0.15, 0.2) is 0 Å². The van der Waals surface area contributed by atoms with E-state index in [2.05, 4.69) is 20.4 Å². The van der Waals surface area contributed by atoms with Gasteiger partial charge in [-0.3, -0.25) is 9.78 Å². The van der Waals surface area contributed by atoms with Gasteiger partial charge in [-0.2, -0.15) is 0 Å². The molecule has 0 unspecified atom stereocenters.